The van der Waals surface area contributed by atoms with Crippen molar-refractivity contribution in [1.82, 2.24) is 10.3 Å². The van der Waals surface area contributed by atoms with Gasteiger partial charge >= 0.3 is 0 Å². The molecule has 2 rings (SSSR count). The van der Waals surface area contributed by atoms with Crippen LogP contribution in [0.2, 0.25) is 0 Å². The number of nitrogens with two attached hydrogens (primary N) is 1. The summed E-state index contributed by atoms with van der Waals surface area (Å²) >= 11 is 0. The Bertz CT molecular complexity index is 401. The molecule has 0 atom stereocenters. The average Bonchev–Trinajstić information content (AvgIpc) is 2.67. The van der Waals surface area contributed by atoms with Gasteiger partial charge in [-0.15, -0.1) is 0 Å². The Kier molecular flexibility index (Phi) is 4.69. The van der Waals surface area contributed by atoms with Gasteiger partial charge in [0.2, 0.25) is 0 Å². The summed E-state index contributed by atoms with van der Waals surface area (Å²) in [5.74, 6) is 4.96. The van der Waals surface area contributed by atoms with Crippen LogP contribution in [0.3, 0.4) is 0 Å². The maximum Gasteiger partial charge on any atom is 0.265 e. The number of rotatable bonds is 3. The third-order valence-corrected chi connectivity index (χ3v) is 3.10. The maximum atomic E-state index is 11.7. The van der Waals surface area contributed by atoms with Gasteiger partial charge in [-0.25, -0.2) is 5.84 Å². The van der Waals surface area contributed by atoms with E-state index in [9.17, 15) is 4.79 Å². The van der Waals surface area contributed by atoms with Crippen LogP contribution in [0.4, 0.5) is 0 Å². The highest BCUT2D eigenvalue weighted by molar-refractivity contribution is 5.95. The molecule has 0 saturated carbocycles. The smallest absolute Gasteiger partial charge is 0.265 e. The molecule has 0 aromatic heterocycles. The number of hydrogen-bond donors (Lipinski definition) is 2. The number of nitrogens with zero attached hydrogens (tertiary/aromatic N) is 1. The lowest BCUT2D eigenvalue weighted by Gasteiger charge is -2.20. The molecule has 18 heavy (non-hydrogen) atoms. The van der Waals surface area contributed by atoms with Gasteiger partial charge in [-0.3, -0.25) is 15.1 Å². The molecular weight excluding hydrogens is 230 g/mol. The monoisotopic (exact) mass is 249 g/mol. The molecule has 0 spiro atoms. The zero-order valence-electron chi connectivity index (χ0n) is 10.4. The van der Waals surface area contributed by atoms with Crippen molar-refractivity contribution in [2.75, 3.05) is 26.3 Å². The minimum absolute atomic E-state index is 0.239. The number of carbonyl (C=O) groups excluding carboxylic acids is 1. The molecule has 1 aliphatic heterocycles. The molecule has 1 heterocycles. The highest BCUT2D eigenvalue weighted by Gasteiger charge is 2.14. The molecule has 0 unspecified atom stereocenters. The fraction of sp³-hybridized carbons (Fsp3) is 0.462. The van der Waals surface area contributed by atoms with Crippen molar-refractivity contribution in [3.63, 3.8) is 0 Å². The van der Waals surface area contributed by atoms with E-state index in [1.807, 2.05) is 18.2 Å². The number of hydrogen-bond acceptors (Lipinski definition) is 4. The van der Waals surface area contributed by atoms with E-state index >= 15 is 0 Å². The molecule has 1 aromatic rings. The maximum absolute atomic E-state index is 11.7. The number of ether oxygens (including phenoxy) is 1. The van der Waals surface area contributed by atoms with Crippen LogP contribution in [0.5, 0.6) is 0 Å². The standard InChI is InChI=1S/C13H19N3O2/c14-15-13(17)12-5-2-1-4-11(12)10-16-6-3-8-18-9-7-16/h1-2,4-5H,3,6-10,14H2,(H,15,17). The molecule has 0 bridgehead atoms. The van der Waals surface area contributed by atoms with Gasteiger partial charge in [0, 0.05) is 31.8 Å². The third kappa shape index (κ3) is 3.29. The first-order valence-electron chi connectivity index (χ1n) is 6.20. The second kappa shape index (κ2) is 6.49. The normalized spacial score (nSPS) is 17.2. The SMILES string of the molecule is NNC(=O)c1ccccc1CN1CCCOCC1. The van der Waals surface area contributed by atoms with Crippen LogP contribution >= 0.6 is 0 Å². The topological polar surface area (TPSA) is 67.6 Å². The first kappa shape index (κ1) is 13.0. The summed E-state index contributed by atoms with van der Waals surface area (Å²) in [5.41, 5.74) is 3.83. The van der Waals surface area contributed by atoms with E-state index < -0.39 is 0 Å². The second-order valence-electron chi connectivity index (χ2n) is 4.37. The Balaban J connectivity index is 2.10. The summed E-state index contributed by atoms with van der Waals surface area (Å²) in [6.07, 6.45) is 1.03. The summed E-state index contributed by atoms with van der Waals surface area (Å²) in [6, 6.07) is 7.55. The van der Waals surface area contributed by atoms with Gasteiger partial charge in [0.05, 0.1) is 6.61 Å². The van der Waals surface area contributed by atoms with Crippen molar-refractivity contribution in [1.29, 1.82) is 0 Å². The Morgan fingerprint density at radius 3 is 3.00 bits per heavy atom. The molecule has 1 aromatic carbocycles. The number of nitrogen functional groups attached to an aromatic ring is 1. The first-order chi connectivity index (χ1) is 8.81. The molecule has 0 aliphatic carbocycles. The zero-order chi connectivity index (χ0) is 12.8. The summed E-state index contributed by atoms with van der Waals surface area (Å²) in [4.78, 5) is 14.0. The molecule has 5 nitrogen and oxygen atoms in total. The number of carbonyl (C=O) groups is 1. The van der Waals surface area contributed by atoms with Crippen molar-refractivity contribution >= 4 is 5.91 Å². The Hall–Kier alpha value is -1.43. The number of hydrazine groups is 1. The van der Waals surface area contributed by atoms with Crippen molar-refractivity contribution in [2.24, 2.45) is 5.84 Å². The first-order valence-corrected chi connectivity index (χ1v) is 6.20. The Morgan fingerprint density at radius 1 is 1.33 bits per heavy atom. The van der Waals surface area contributed by atoms with E-state index in [2.05, 4.69) is 10.3 Å². The van der Waals surface area contributed by atoms with E-state index in [1.165, 1.54) is 0 Å². The fourth-order valence-electron chi connectivity index (χ4n) is 2.15. The predicted octanol–water partition coefficient (Wildman–Crippen LogP) is 0.512. The molecule has 0 radical (unpaired) electrons. The van der Waals surface area contributed by atoms with Crippen LogP contribution in [-0.4, -0.2) is 37.1 Å². The van der Waals surface area contributed by atoms with Crippen LogP contribution in [0, 0.1) is 0 Å². The summed E-state index contributed by atoms with van der Waals surface area (Å²) in [5, 5.41) is 0. The van der Waals surface area contributed by atoms with E-state index in [1.54, 1.807) is 6.07 Å². The molecule has 1 amide bonds. The predicted molar refractivity (Wildman–Crippen MR) is 68.8 cm³/mol. The van der Waals surface area contributed by atoms with Crippen molar-refractivity contribution in [3.8, 4) is 0 Å². The highest BCUT2D eigenvalue weighted by atomic mass is 16.5. The van der Waals surface area contributed by atoms with Gasteiger partial charge in [-0.05, 0) is 18.1 Å². The lowest BCUT2D eigenvalue weighted by molar-refractivity contribution is 0.0951. The largest absolute Gasteiger partial charge is 0.380 e. The van der Waals surface area contributed by atoms with Crippen molar-refractivity contribution in [3.05, 3.63) is 35.4 Å². The molecule has 98 valence electrons. The van der Waals surface area contributed by atoms with Gasteiger partial charge in [0.1, 0.15) is 0 Å². The quantitative estimate of drug-likeness (QED) is 0.465. The van der Waals surface area contributed by atoms with Crippen LogP contribution in [0.1, 0.15) is 22.3 Å². The summed E-state index contributed by atoms with van der Waals surface area (Å²) in [7, 11) is 0. The van der Waals surface area contributed by atoms with Gasteiger partial charge in [-0.2, -0.15) is 0 Å². The van der Waals surface area contributed by atoms with Crippen LogP contribution < -0.4 is 11.3 Å². The van der Waals surface area contributed by atoms with Crippen molar-refractivity contribution < 1.29 is 9.53 Å². The Labute approximate surface area is 107 Å². The van der Waals surface area contributed by atoms with E-state index in [-0.39, 0.29) is 5.91 Å². The molecular formula is C13H19N3O2. The summed E-state index contributed by atoms with van der Waals surface area (Å²) < 4.78 is 5.42. The van der Waals surface area contributed by atoms with Crippen LogP contribution in [-0.2, 0) is 11.3 Å². The van der Waals surface area contributed by atoms with Crippen LogP contribution in [0.25, 0.3) is 0 Å². The Morgan fingerprint density at radius 2 is 2.17 bits per heavy atom. The minimum Gasteiger partial charge on any atom is -0.380 e. The van der Waals surface area contributed by atoms with Crippen molar-refractivity contribution in [2.45, 2.75) is 13.0 Å². The second-order valence-corrected chi connectivity index (χ2v) is 4.37. The third-order valence-electron chi connectivity index (χ3n) is 3.10. The van der Waals surface area contributed by atoms with E-state index in [0.717, 1.165) is 44.8 Å². The molecule has 1 aliphatic rings. The average molecular weight is 249 g/mol. The van der Waals surface area contributed by atoms with Crippen LogP contribution in [0.15, 0.2) is 24.3 Å². The molecule has 5 heteroatoms. The number of benzene rings is 1. The van der Waals surface area contributed by atoms with Gasteiger partial charge in [0.15, 0.2) is 0 Å². The van der Waals surface area contributed by atoms with Gasteiger partial charge in [0.25, 0.3) is 5.91 Å². The zero-order valence-corrected chi connectivity index (χ0v) is 10.4. The summed E-state index contributed by atoms with van der Waals surface area (Å²) in [6.45, 7) is 4.23. The molecule has 3 N–H and O–H groups in total. The fourth-order valence-corrected chi connectivity index (χ4v) is 2.15. The lowest BCUT2D eigenvalue weighted by atomic mass is 10.1. The highest BCUT2D eigenvalue weighted by Crippen LogP contribution is 2.13. The molecule has 1 fully saturated rings. The number of amides is 1. The van der Waals surface area contributed by atoms with E-state index in [4.69, 9.17) is 10.6 Å². The van der Waals surface area contributed by atoms with Gasteiger partial charge in [-0.1, -0.05) is 18.2 Å². The van der Waals surface area contributed by atoms with E-state index in [0.29, 0.717) is 5.56 Å². The minimum atomic E-state index is -0.239. The molecule has 1 saturated heterocycles. The lowest BCUT2D eigenvalue weighted by Crippen LogP contribution is -2.32. The number of nitrogens with one attached hydrogen (secondary N) is 1. The van der Waals surface area contributed by atoms with Gasteiger partial charge < -0.3 is 4.74 Å².